The first-order chi connectivity index (χ1) is 5.61. The van der Waals surface area contributed by atoms with E-state index < -0.39 is 5.97 Å². The number of oxime groups is 1. The van der Waals surface area contributed by atoms with Gasteiger partial charge in [-0.3, -0.25) is 0 Å². The third-order valence-corrected chi connectivity index (χ3v) is 1.39. The highest BCUT2D eigenvalue weighted by atomic mass is 16.7. The first-order valence-corrected chi connectivity index (χ1v) is 3.73. The van der Waals surface area contributed by atoms with Gasteiger partial charge in [0.1, 0.15) is 0 Å². The zero-order valence-corrected chi connectivity index (χ0v) is 7.50. The van der Waals surface area contributed by atoms with Gasteiger partial charge in [0.15, 0.2) is 0 Å². The normalized spacial score (nSPS) is 13.3. The minimum absolute atomic E-state index is 0.260. The van der Waals surface area contributed by atoms with Gasteiger partial charge in [-0.25, -0.2) is 4.79 Å². The molecule has 0 aromatic rings. The van der Waals surface area contributed by atoms with Gasteiger partial charge in [-0.2, -0.15) is 5.26 Å². The van der Waals surface area contributed by atoms with Crippen molar-refractivity contribution in [1.29, 1.82) is 5.26 Å². The molecule has 1 atom stereocenters. The summed E-state index contributed by atoms with van der Waals surface area (Å²) in [6, 6.07) is 2.05. The minimum atomic E-state index is -0.470. The summed E-state index contributed by atoms with van der Waals surface area (Å²) in [4.78, 5) is 14.7. The van der Waals surface area contributed by atoms with Gasteiger partial charge in [-0.1, -0.05) is 12.1 Å². The molecule has 0 heterocycles. The number of rotatable bonds is 3. The van der Waals surface area contributed by atoms with Gasteiger partial charge >= 0.3 is 5.97 Å². The van der Waals surface area contributed by atoms with E-state index in [0.29, 0.717) is 12.1 Å². The lowest BCUT2D eigenvalue weighted by Gasteiger charge is -2.02. The van der Waals surface area contributed by atoms with Crippen molar-refractivity contribution in [3.8, 4) is 6.07 Å². The molecule has 0 fully saturated rings. The second-order valence-electron chi connectivity index (χ2n) is 2.41. The van der Waals surface area contributed by atoms with Crippen molar-refractivity contribution in [3.63, 3.8) is 0 Å². The number of nitrogens with zero attached hydrogens (tertiary/aromatic N) is 2. The number of hydrogen-bond acceptors (Lipinski definition) is 4. The van der Waals surface area contributed by atoms with Crippen LogP contribution in [-0.4, -0.2) is 11.7 Å². The largest absolute Gasteiger partial charge is 0.331 e. The van der Waals surface area contributed by atoms with Gasteiger partial charge in [0.2, 0.25) is 0 Å². The van der Waals surface area contributed by atoms with Gasteiger partial charge in [-0.15, -0.1) is 0 Å². The van der Waals surface area contributed by atoms with Crippen molar-refractivity contribution in [2.75, 3.05) is 0 Å². The number of carbonyl (C=O) groups excluding carboxylic acids is 1. The van der Waals surface area contributed by atoms with Crippen LogP contribution in [0.3, 0.4) is 0 Å². The highest BCUT2D eigenvalue weighted by Gasteiger charge is 2.08. The number of carbonyl (C=O) groups is 1. The number of nitriles is 1. The molecule has 4 heteroatoms. The predicted molar refractivity (Wildman–Crippen MR) is 44.3 cm³/mol. The molecule has 0 saturated heterocycles. The molecule has 0 amide bonds. The molecule has 0 N–H and O–H groups in total. The molecule has 0 spiro atoms. The maximum atomic E-state index is 10.3. The fraction of sp³-hybridized carbons (Fsp3) is 0.625. The molecule has 0 aliphatic rings. The van der Waals surface area contributed by atoms with E-state index in [4.69, 9.17) is 5.26 Å². The standard InChI is InChI=1S/C8H12N2O2/c1-4-8(5-9)6(2)10-12-7(3)11/h8H,4H2,1-3H3/b10-6+. The average Bonchev–Trinajstić information content (AvgIpc) is 2.03. The van der Waals surface area contributed by atoms with E-state index in [0.717, 1.165) is 0 Å². The zero-order valence-electron chi connectivity index (χ0n) is 7.50. The SMILES string of the molecule is CCC(C#N)/C(C)=N/OC(C)=O. The van der Waals surface area contributed by atoms with Crippen LogP contribution in [0.25, 0.3) is 0 Å². The Balaban J connectivity index is 4.17. The maximum absolute atomic E-state index is 10.3. The average molecular weight is 168 g/mol. The Morgan fingerprint density at radius 2 is 2.25 bits per heavy atom. The topological polar surface area (TPSA) is 62.4 Å². The Hall–Kier alpha value is -1.37. The fourth-order valence-corrected chi connectivity index (χ4v) is 0.680. The van der Waals surface area contributed by atoms with Crippen molar-refractivity contribution in [1.82, 2.24) is 0 Å². The smallest absolute Gasteiger partial charge is 0.319 e. The fourth-order valence-electron chi connectivity index (χ4n) is 0.680. The van der Waals surface area contributed by atoms with Crippen LogP contribution in [0.4, 0.5) is 0 Å². The van der Waals surface area contributed by atoms with E-state index >= 15 is 0 Å². The van der Waals surface area contributed by atoms with Crippen LogP contribution in [-0.2, 0) is 9.63 Å². The highest BCUT2D eigenvalue weighted by Crippen LogP contribution is 2.03. The monoisotopic (exact) mass is 168 g/mol. The summed E-state index contributed by atoms with van der Waals surface area (Å²) in [5.41, 5.74) is 0.537. The molecule has 66 valence electrons. The van der Waals surface area contributed by atoms with E-state index in [1.165, 1.54) is 6.92 Å². The van der Waals surface area contributed by atoms with Gasteiger partial charge in [0.25, 0.3) is 0 Å². The molecule has 0 saturated carbocycles. The molecular formula is C8H12N2O2. The van der Waals surface area contributed by atoms with Gasteiger partial charge in [0, 0.05) is 6.92 Å². The van der Waals surface area contributed by atoms with Crippen molar-refractivity contribution in [3.05, 3.63) is 0 Å². The van der Waals surface area contributed by atoms with Crippen LogP contribution >= 0.6 is 0 Å². The summed E-state index contributed by atoms with van der Waals surface area (Å²) in [6.07, 6.45) is 0.674. The van der Waals surface area contributed by atoms with E-state index in [9.17, 15) is 4.79 Å². The minimum Gasteiger partial charge on any atom is -0.319 e. The van der Waals surface area contributed by atoms with Crippen LogP contribution in [0.2, 0.25) is 0 Å². The van der Waals surface area contributed by atoms with Crippen molar-refractivity contribution >= 4 is 11.7 Å². The Labute approximate surface area is 71.8 Å². The molecule has 0 rings (SSSR count). The third kappa shape index (κ3) is 3.71. The van der Waals surface area contributed by atoms with Crippen LogP contribution in [0.15, 0.2) is 5.16 Å². The second-order valence-corrected chi connectivity index (χ2v) is 2.41. The van der Waals surface area contributed by atoms with E-state index in [2.05, 4.69) is 16.1 Å². The van der Waals surface area contributed by atoms with Crippen molar-refractivity contribution in [2.45, 2.75) is 27.2 Å². The summed E-state index contributed by atoms with van der Waals surface area (Å²) < 4.78 is 0. The summed E-state index contributed by atoms with van der Waals surface area (Å²) in [5.74, 6) is -0.730. The van der Waals surface area contributed by atoms with Gasteiger partial charge in [0.05, 0.1) is 17.7 Å². The summed E-state index contributed by atoms with van der Waals surface area (Å²) in [6.45, 7) is 4.81. The first kappa shape index (κ1) is 10.6. The molecule has 1 unspecified atom stereocenters. The first-order valence-electron chi connectivity index (χ1n) is 3.73. The lowest BCUT2D eigenvalue weighted by Crippen LogP contribution is -2.08. The Bertz CT molecular complexity index is 228. The Kier molecular flexibility index (Phi) is 4.70. The lowest BCUT2D eigenvalue weighted by molar-refractivity contribution is -0.140. The van der Waals surface area contributed by atoms with E-state index in [1.807, 2.05) is 6.92 Å². The second kappa shape index (κ2) is 5.30. The third-order valence-electron chi connectivity index (χ3n) is 1.39. The lowest BCUT2D eigenvalue weighted by atomic mass is 10.0. The van der Waals surface area contributed by atoms with Crippen LogP contribution in [0, 0.1) is 17.2 Å². The molecule has 4 nitrogen and oxygen atoms in total. The van der Waals surface area contributed by atoms with Crippen molar-refractivity contribution < 1.29 is 9.63 Å². The van der Waals surface area contributed by atoms with Gasteiger partial charge in [-0.05, 0) is 13.3 Å². The Morgan fingerprint density at radius 1 is 1.67 bits per heavy atom. The van der Waals surface area contributed by atoms with E-state index in [1.54, 1.807) is 6.92 Å². The van der Waals surface area contributed by atoms with Crippen LogP contribution in [0.5, 0.6) is 0 Å². The quantitative estimate of drug-likeness (QED) is 0.364. The number of hydrogen-bond donors (Lipinski definition) is 0. The summed E-state index contributed by atoms with van der Waals surface area (Å²) in [5, 5.41) is 12.1. The van der Waals surface area contributed by atoms with Crippen LogP contribution < -0.4 is 0 Å². The molecule has 0 aromatic carbocycles. The molecule has 12 heavy (non-hydrogen) atoms. The van der Waals surface area contributed by atoms with Crippen LogP contribution in [0.1, 0.15) is 27.2 Å². The maximum Gasteiger partial charge on any atom is 0.331 e. The molecular weight excluding hydrogens is 156 g/mol. The molecule has 0 aliphatic carbocycles. The molecule has 0 aromatic heterocycles. The highest BCUT2D eigenvalue weighted by molar-refractivity contribution is 5.86. The summed E-state index contributed by atoms with van der Waals surface area (Å²) >= 11 is 0. The van der Waals surface area contributed by atoms with E-state index in [-0.39, 0.29) is 5.92 Å². The zero-order chi connectivity index (χ0) is 9.56. The Morgan fingerprint density at radius 3 is 2.58 bits per heavy atom. The van der Waals surface area contributed by atoms with Gasteiger partial charge < -0.3 is 4.84 Å². The molecule has 0 aliphatic heterocycles. The van der Waals surface area contributed by atoms with Crippen molar-refractivity contribution in [2.24, 2.45) is 11.1 Å². The molecule has 0 radical (unpaired) electrons. The summed E-state index contributed by atoms with van der Waals surface area (Å²) in [7, 11) is 0. The predicted octanol–water partition coefficient (Wildman–Crippen LogP) is 1.48. The molecule has 0 bridgehead atoms.